The van der Waals surface area contributed by atoms with Crippen LogP contribution in [0.4, 0.5) is 0 Å². The van der Waals surface area contributed by atoms with Gasteiger partial charge in [-0.3, -0.25) is 4.79 Å². The molecule has 1 aliphatic rings. The highest BCUT2D eigenvalue weighted by Crippen LogP contribution is 2.17. The van der Waals surface area contributed by atoms with Gasteiger partial charge in [0.1, 0.15) is 5.01 Å². The molecule has 1 saturated heterocycles. The number of carbonyl (C=O) groups is 1. The fraction of sp³-hybridized carbons (Fsp3) is 0.667. The molecule has 0 radical (unpaired) electrons. The Labute approximate surface area is 106 Å². The number of aromatic nitrogens is 1. The van der Waals surface area contributed by atoms with Gasteiger partial charge in [-0.05, 0) is 38.3 Å². The second-order valence-electron chi connectivity index (χ2n) is 4.43. The zero-order valence-corrected chi connectivity index (χ0v) is 10.8. The molecule has 0 bridgehead atoms. The van der Waals surface area contributed by atoms with Crippen molar-refractivity contribution in [3.8, 4) is 0 Å². The maximum atomic E-state index is 11.6. The molecule has 0 saturated carbocycles. The Morgan fingerprint density at radius 2 is 2.35 bits per heavy atom. The van der Waals surface area contributed by atoms with Gasteiger partial charge in [0.2, 0.25) is 5.91 Å². The molecule has 5 heteroatoms. The first kappa shape index (κ1) is 12.5. The molecule has 0 unspecified atom stereocenters. The van der Waals surface area contributed by atoms with Gasteiger partial charge in [0, 0.05) is 18.0 Å². The van der Waals surface area contributed by atoms with Gasteiger partial charge < -0.3 is 10.6 Å². The molecule has 2 rings (SSSR count). The van der Waals surface area contributed by atoms with Crippen LogP contribution in [0.1, 0.15) is 30.7 Å². The maximum absolute atomic E-state index is 11.6. The summed E-state index contributed by atoms with van der Waals surface area (Å²) in [5, 5.41) is 9.16. The molecule has 0 atom stereocenters. The minimum Gasteiger partial charge on any atom is -0.350 e. The molecule has 94 valence electrons. The lowest BCUT2D eigenvalue weighted by atomic mass is 9.93. The van der Waals surface area contributed by atoms with Crippen LogP contribution >= 0.6 is 11.3 Å². The summed E-state index contributed by atoms with van der Waals surface area (Å²) in [5.74, 6) is 0.876. The summed E-state index contributed by atoms with van der Waals surface area (Å²) < 4.78 is 0. The average Bonchev–Trinajstić information content (AvgIpc) is 2.88. The Balaban J connectivity index is 1.60. The van der Waals surface area contributed by atoms with Crippen molar-refractivity contribution in [3.05, 3.63) is 16.6 Å². The van der Waals surface area contributed by atoms with E-state index in [9.17, 15) is 4.79 Å². The largest absolute Gasteiger partial charge is 0.350 e. The van der Waals surface area contributed by atoms with Crippen molar-refractivity contribution in [1.82, 2.24) is 15.6 Å². The highest BCUT2D eigenvalue weighted by molar-refractivity contribution is 7.09. The number of thiazole rings is 1. The minimum absolute atomic E-state index is 0.152. The van der Waals surface area contributed by atoms with E-state index in [1.54, 1.807) is 17.5 Å². The van der Waals surface area contributed by atoms with Crippen molar-refractivity contribution in [2.75, 3.05) is 13.1 Å². The van der Waals surface area contributed by atoms with Crippen LogP contribution in [-0.2, 0) is 11.3 Å². The van der Waals surface area contributed by atoms with Crippen molar-refractivity contribution in [2.24, 2.45) is 5.92 Å². The van der Waals surface area contributed by atoms with E-state index in [1.807, 2.05) is 5.38 Å². The lowest BCUT2D eigenvalue weighted by Crippen LogP contribution is -2.29. The first-order valence-electron chi connectivity index (χ1n) is 6.20. The van der Waals surface area contributed by atoms with Gasteiger partial charge in [0.15, 0.2) is 0 Å². The van der Waals surface area contributed by atoms with Crippen molar-refractivity contribution in [2.45, 2.75) is 32.2 Å². The van der Waals surface area contributed by atoms with E-state index in [0.29, 0.717) is 13.0 Å². The smallest absolute Gasteiger partial charge is 0.220 e. The molecule has 1 aliphatic heterocycles. The molecule has 1 amide bonds. The summed E-state index contributed by atoms with van der Waals surface area (Å²) in [7, 11) is 0. The van der Waals surface area contributed by atoms with Crippen LogP contribution < -0.4 is 10.6 Å². The van der Waals surface area contributed by atoms with Gasteiger partial charge in [-0.2, -0.15) is 0 Å². The second kappa shape index (κ2) is 6.71. The first-order valence-corrected chi connectivity index (χ1v) is 7.08. The molecule has 0 spiro atoms. The van der Waals surface area contributed by atoms with Gasteiger partial charge >= 0.3 is 0 Å². The van der Waals surface area contributed by atoms with Crippen LogP contribution in [0.5, 0.6) is 0 Å². The van der Waals surface area contributed by atoms with Crippen LogP contribution in [-0.4, -0.2) is 24.0 Å². The maximum Gasteiger partial charge on any atom is 0.220 e. The number of rotatable bonds is 5. The van der Waals surface area contributed by atoms with Crippen molar-refractivity contribution < 1.29 is 4.79 Å². The van der Waals surface area contributed by atoms with Gasteiger partial charge in [-0.15, -0.1) is 11.3 Å². The Hall–Kier alpha value is -0.940. The SMILES string of the molecule is O=C(CCC1CCNCC1)NCc1nccs1. The van der Waals surface area contributed by atoms with Gasteiger partial charge in [0.05, 0.1) is 6.54 Å². The van der Waals surface area contributed by atoms with E-state index in [-0.39, 0.29) is 5.91 Å². The molecule has 1 aromatic rings. The lowest BCUT2D eigenvalue weighted by Gasteiger charge is -2.22. The van der Waals surface area contributed by atoms with Gasteiger partial charge in [-0.25, -0.2) is 4.98 Å². The molecule has 17 heavy (non-hydrogen) atoms. The third-order valence-corrected chi connectivity index (χ3v) is 3.94. The predicted molar refractivity (Wildman–Crippen MR) is 68.8 cm³/mol. The van der Waals surface area contributed by atoms with E-state index in [4.69, 9.17) is 0 Å². The van der Waals surface area contributed by atoms with E-state index >= 15 is 0 Å². The minimum atomic E-state index is 0.152. The normalized spacial score (nSPS) is 16.9. The van der Waals surface area contributed by atoms with Gasteiger partial charge in [-0.1, -0.05) is 0 Å². The molecular formula is C12H19N3OS. The number of carbonyl (C=O) groups excluding carboxylic acids is 1. The zero-order chi connectivity index (χ0) is 11.9. The molecule has 1 fully saturated rings. The molecule has 0 aliphatic carbocycles. The van der Waals surface area contributed by atoms with E-state index in [0.717, 1.165) is 30.4 Å². The Kier molecular flexibility index (Phi) is 4.94. The molecular weight excluding hydrogens is 234 g/mol. The van der Waals surface area contributed by atoms with Crippen LogP contribution in [0.15, 0.2) is 11.6 Å². The van der Waals surface area contributed by atoms with Crippen LogP contribution in [0, 0.1) is 5.92 Å². The average molecular weight is 253 g/mol. The third kappa shape index (κ3) is 4.44. The number of hydrogen-bond acceptors (Lipinski definition) is 4. The van der Waals surface area contributed by atoms with Crippen molar-refractivity contribution >= 4 is 17.2 Å². The summed E-state index contributed by atoms with van der Waals surface area (Å²) in [6.07, 6.45) is 5.85. The molecule has 4 nitrogen and oxygen atoms in total. The molecule has 2 heterocycles. The standard InChI is InChI=1S/C12H19N3OS/c16-11(15-9-12-14-7-8-17-12)2-1-10-3-5-13-6-4-10/h7-8,10,13H,1-6,9H2,(H,15,16). The Morgan fingerprint density at radius 1 is 1.53 bits per heavy atom. The third-order valence-electron chi connectivity index (χ3n) is 3.16. The topological polar surface area (TPSA) is 54.0 Å². The highest BCUT2D eigenvalue weighted by Gasteiger charge is 2.14. The van der Waals surface area contributed by atoms with E-state index in [2.05, 4.69) is 15.6 Å². The fourth-order valence-electron chi connectivity index (χ4n) is 2.11. The number of piperidine rings is 1. The predicted octanol–water partition coefficient (Wildman–Crippen LogP) is 1.54. The van der Waals surface area contributed by atoms with Gasteiger partial charge in [0.25, 0.3) is 0 Å². The fourth-order valence-corrected chi connectivity index (χ4v) is 2.66. The molecule has 0 aromatic carbocycles. The number of nitrogens with zero attached hydrogens (tertiary/aromatic N) is 1. The van der Waals surface area contributed by atoms with Crippen molar-refractivity contribution in [1.29, 1.82) is 0 Å². The van der Waals surface area contributed by atoms with E-state index in [1.165, 1.54) is 12.8 Å². The number of nitrogens with one attached hydrogen (secondary N) is 2. The van der Waals surface area contributed by atoms with Crippen LogP contribution in [0.3, 0.4) is 0 Å². The molecule has 2 N–H and O–H groups in total. The summed E-state index contributed by atoms with van der Waals surface area (Å²) >= 11 is 1.58. The van der Waals surface area contributed by atoms with E-state index < -0.39 is 0 Å². The first-order chi connectivity index (χ1) is 8.34. The number of amides is 1. The van der Waals surface area contributed by atoms with Crippen LogP contribution in [0.2, 0.25) is 0 Å². The summed E-state index contributed by atoms with van der Waals surface area (Å²) in [6, 6.07) is 0. The Morgan fingerprint density at radius 3 is 3.06 bits per heavy atom. The Bertz CT molecular complexity index is 334. The highest BCUT2D eigenvalue weighted by atomic mass is 32.1. The zero-order valence-electron chi connectivity index (χ0n) is 9.95. The summed E-state index contributed by atoms with van der Waals surface area (Å²) in [6.45, 7) is 2.78. The van der Waals surface area contributed by atoms with Crippen molar-refractivity contribution in [3.63, 3.8) is 0 Å². The lowest BCUT2D eigenvalue weighted by molar-refractivity contribution is -0.121. The quantitative estimate of drug-likeness (QED) is 0.837. The summed E-state index contributed by atoms with van der Waals surface area (Å²) in [4.78, 5) is 15.8. The molecule has 1 aromatic heterocycles. The summed E-state index contributed by atoms with van der Waals surface area (Å²) in [5.41, 5.74) is 0. The number of hydrogen-bond donors (Lipinski definition) is 2. The van der Waals surface area contributed by atoms with Crippen LogP contribution in [0.25, 0.3) is 0 Å². The second-order valence-corrected chi connectivity index (χ2v) is 5.41. The monoisotopic (exact) mass is 253 g/mol.